The average Bonchev–Trinajstić information content (AvgIpc) is 3.07. The van der Waals surface area contributed by atoms with E-state index in [1.807, 2.05) is 0 Å². The Morgan fingerprint density at radius 1 is 1.38 bits per heavy atom. The van der Waals surface area contributed by atoms with Crippen molar-refractivity contribution in [1.29, 1.82) is 0 Å². The van der Waals surface area contributed by atoms with Gasteiger partial charge >= 0.3 is 5.69 Å². The van der Waals surface area contributed by atoms with Crippen molar-refractivity contribution in [2.75, 3.05) is 11.9 Å². The summed E-state index contributed by atoms with van der Waals surface area (Å²) in [4.78, 5) is 14.5. The molecule has 0 unspecified atom stereocenters. The summed E-state index contributed by atoms with van der Waals surface area (Å²) >= 11 is 0. The van der Waals surface area contributed by atoms with Crippen LogP contribution in [0, 0.1) is 10.1 Å². The molecule has 108 valence electrons. The van der Waals surface area contributed by atoms with E-state index in [1.54, 1.807) is 24.1 Å². The van der Waals surface area contributed by atoms with E-state index in [2.05, 4.69) is 30.3 Å². The minimum Gasteiger partial charge on any atom is -0.383 e. The van der Waals surface area contributed by atoms with Crippen LogP contribution in [0.1, 0.15) is 5.82 Å². The summed E-state index contributed by atoms with van der Waals surface area (Å²) in [6.07, 6.45) is 2.24. The van der Waals surface area contributed by atoms with Gasteiger partial charge in [-0.2, -0.15) is 5.10 Å². The lowest BCUT2D eigenvalue weighted by Crippen LogP contribution is -2.07. The molecular weight excluding hydrogens is 278 g/mol. The van der Waals surface area contributed by atoms with Crippen LogP contribution in [0.3, 0.4) is 0 Å². The van der Waals surface area contributed by atoms with Crippen LogP contribution in [0.4, 0.5) is 11.4 Å². The second-order valence-electron chi connectivity index (χ2n) is 4.36. The standard InChI is InChI=1S/C11H11N7O3/c1-17-6-13-9(14-17)4-5-12-7-2-3-8(18(19)20)11-10(7)15-21-16-11/h2-3,6,12H,4-5H2,1H3. The number of aromatic nitrogens is 5. The minimum atomic E-state index is -0.520. The Morgan fingerprint density at radius 2 is 2.19 bits per heavy atom. The minimum absolute atomic E-state index is 0.126. The van der Waals surface area contributed by atoms with Gasteiger partial charge in [0.2, 0.25) is 5.52 Å². The van der Waals surface area contributed by atoms with Crippen LogP contribution in [-0.2, 0) is 13.5 Å². The average molecular weight is 289 g/mol. The normalized spacial score (nSPS) is 10.9. The van der Waals surface area contributed by atoms with Gasteiger partial charge in [0.1, 0.15) is 6.33 Å². The van der Waals surface area contributed by atoms with Crippen LogP contribution in [0.5, 0.6) is 0 Å². The van der Waals surface area contributed by atoms with Crippen molar-refractivity contribution in [3.63, 3.8) is 0 Å². The van der Waals surface area contributed by atoms with E-state index in [0.29, 0.717) is 30.0 Å². The number of non-ortho nitro benzene ring substituents is 1. The number of hydrogen-bond donors (Lipinski definition) is 1. The van der Waals surface area contributed by atoms with Crippen molar-refractivity contribution >= 4 is 22.4 Å². The van der Waals surface area contributed by atoms with E-state index >= 15 is 0 Å². The first-order valence-electron chi connectivity index (χ1n) is 6.13. The monoisotopic (exact) mass is 289 g/mol. The first kappa shape index (κ1) is 13.0. The fourth-order valence-corrected chi connectivity index (χ4v) is 1.95. The number of hydrogen-bond acceptors (Lipinski definition) is 8. The molecule has 0 saturated heterocycles. The molecule has 1 aromatic carbocycles. The molecule has 2 heterocycles. The lowest BCUT2D eigenvalue weighted by atomic mass is 10.2. The number of rotatable bonds is 5. The molecule has 0 bridgehead atoms. The van der Waals surface area contributed by atoms with Crippen LogP contribution in [0.2, 0.25) is 0 Å². The molecule has 3 aromatic rings. The third kappa shape index (κ3) is 2.50. The smallest absolute Gasteiger partial charge is 0.300 e. The summed E-state index contributed by atoms with van der Waals surface area (Å²) in [6.45, 7) is 0.559. The van der Waals surface area contributed by atoms with Gasteiger partial charge in [-0.05, 0) is 16.4 Å². The van der Waals surface area contributed by atoms with E-state index in [0.717, 1.165) is 0 Å². The number of nitrogens with zero attached hydrogens (tertiary/aromatic N) is 6. The summed E-state index contributed by atoms with van der Waals surface area (Å²) in [6, 6.07) is 2.95. The van der Waals surface area contributed by atoms with Gasteiger partial charge < -0.3 is 5.32 Å². The Labute approximate surface area is 117 Å². The van der Waals surface area contributed by atoms with Crippen molar-refractivity contribution in [1.82, 2.24) is 25.1 Å². The van der Waals surface area contributed by atoms with Crippen LogP contribution in [0.15, 0.2) is 23.1 Å². The summed E-state index contributed by atoms with van der Waals surface area (Å²) < 4.78 is 6.22. The molecule has 0 fully saturated rings. The molecule has 21 heavy (non-hydrogen) atoms. The van der Waals surface area contributed by atoms with Crippen LogP contribution >= 0.6 is 0 Å². The highest BCUT2D eigenvalue weighted by molar-refractivity contribution is 5.93. The lowest BCUT2D eigenvalue weighted by Gasteiger charge is -2.04. The molecule has 0 aliphatic carbocycles. The zero-order valence-corrected chi connectivity index (χ0v) is 11.1. The molecule has 3 rings (SSSR count). The Bertz CT molecular complexity index is 794. The molecular formula is C11H11N7O3. The van der Waals surface area contributed by atoms with Crippen LogP contribution < -0.4 is 5.32 Å². The molecule has 0 aliphatic rings. The van der Waals surface area contributed by atoms with Gasteiger partial charge in [0.15, 0.2) is 11.3 Å². The van der Waals surface area contributed by atoms with Gasteiger partial charge in [0, 0.05) is 26.1 Å². The zero-order chi connectivity index (χ0) is 14.8. The molecule has 0 saturated carbocycles. The number of aryl methyl sites for hydroxylation is 1. The topological polar surface area (TPSA) is 125 Å². The van der Waals surface area contributed by atoms with Crippen molar-refractivity contribution in [2.45, 2.75) is 6.42 Å². The summed E-state index contributed by atoms with van der Waals surface area (Å²) in [5.41, 5.74) is 0.940. The molecule has 2 aromatic heterocycles. The third-order valence-corrected chi connectivity index (χ3v) is 2.90. The molecule has 0 aliphatic heterocycles. The van der Waals surface area contributed by atoms with Crippen molar-refractivity contribution in [2.24, 2.45) is 7.05 Å². The number of nitro groups is 1. The Hall–Kier alpha value is -3.04. The van der Waals surface area contributed by atoms with Gasteiger partial charge in [-0.25, -0.2) is 9.61 Å². The predicted octanol–water partition coefficient (Wildman–Crippen LogP) is 0.914. The highest BCUT2D eigenvalue weighted by Crippen LogP contribution is 2.28. The number of nitro benzene ring substituents is 1. The third-order valence-electron chi connectivity index (χ3n) is 2.90. The van der Waals surface area contributed by atoms with Gasteiger partial charge in [-0.1, -0.05) is 0 Å². The van der Waals surface area contributed by atoms with Gasteiger partial charge in [0.05, 0.1) is 10.6 Å². The van der Waals surface area contributed by atoms with E-state index in [9.17, 15) is 10.1 Å². The first-order chi connectivity index (χ1) is 10.1. The number of nitrogens with one attached hydrogen (secondary N) is 1. The quantitative estimate of drug-likeness (QED) is 0.542. The molecule has 0 spiro atoms. The van der Waals surface area contributed by atoms with Gasteiger partial charge in [-0.3, -0.25) is 14.8 Å². The maximum absolute atomic E-state index is 10.9. The van der Waals surface area contributed by atoms with Crippen molar-refractivity contribution in [3.05, 3.63) is 34.4 Å². The molecule has 0 radical (unpaired) electrons. The molecule has 0 atom stereocenters. The maximum Gasteiger partial charge on any atom is 0.300 e. The largest absolute Gasteiger partial charge is 0.383 e. The maximum atomic E-state index is 10.9. The van der Waals surface area contributed by atoms with Crippen LogP contribution in [0.25, 0.3) is 11.0 Å². The number of fused-ring (bicyclic) bond motifs is 1. The number of benzene rings is 1. The van der Waals surface area contributed by atoms with E-state index in [4.69, 9.17) is 0 Å². The van der Waals surface area contributed by atoms with Gasteiger partial charge in [-0.15, -0.1) is 0 Å². The van der Waals surface area contributed by atoms with Crippen LogP contribution in [-0.4, -0.2) is 36.5 Å². The van der Waals surface area contributed by atoms with Crippen molar-refractivity contribution < 1.29 is 9.55 Å². The number of anilines is 1. The summed E-state index contributed by atoms with van der Waals surface area (Å²) in [7, 11) is 1.80. The second-order valence-corrected chi connectivity index (χ2v) is 4.36. The molecule has 1 N–H and O–H groups in total. The van der Waals surface area contributed by atoms with E-state index in [1.165, 1.54) is 6.07 Å². The second kappa shape index (κ2) is 5.15. The Morgan fingerprint density at radius 3 is 2.90 bits per heavy atom. The lowest BCUT2D eigenvalue weighted by molar-refractivity contribution is -0.383. The fourth-order valence-electron chi connectivity index (χ4n) is 1.95. The zero-order valence-electron chi connectivity index (χ0n) is 11.1. The molecule has 0 amide bonds. The Kier molecular flexibility index (Phi) is 3.18. The van der Waals surface area contributed by atoms with E-state index < -0.39 is 4.92 Å². The summed E-state index contributed by atoms with van der Waals surface area (Å²) in [5.74, 6) is 0.710. The fraction of sp³-hybridized carbons (Fsp3) is 0.273. The first-order valence-corrected chi connectivity index (χ1v) is 6.13. The Balaban J connectivity index is 1.77. The SMILES string of the molecule is Cn1cnc(CCNc2ccc([N+](=O)[O-])c3nonc23)n1. The molecule has 10 nitrogen and oxygen atoms in total. The summed E-state index contributed by atoms with van der Waals surface area (Å²) in [5, 5.41) is 25.4. The van der Waals surface area contributed by atoms with E-state index in [-0.39, 0.29) is 11.2 Å². The molecule has 10 heteroatoms. The van der Waals surface area contributed by atoms with Gasteiger partial charge in [0.25, 0.3) is 0 Å². The highest BCUT2D eigenvalue weighted by Gasteiger charge is 2.19. The van der Waals surface area contributed by atoms with Crippen molar-refractivity contribution in [3.8, 4) is 0 Å². The highest BCUT2D eigenvalue weighted by atomic mass is 16.6. The predicted molar refractivity (Wildman–Crippen MR) is 71.7 cm³/mol.